The normalized spacial score (nSPS) is 23.8. The van der Waals surface area contributed by atoms with Crippen LogP contribution in [-0.2, 0) is 0 Å². The van der Waals surface area contributed by atoms with Gasteiger partial charge in [-0.25, -0.2) is 4.98 Å². The van der Waals surface area contributed by atoms with E-state index in [0.717, 1.165) is 52.7 Å². The van der Waals surface area contributed by atoms with Crippen molar-refractivity contribution in [1.29, 1.82) is 0 Å². The molecule has 2 atom stereocenters. The third-order valence-corrected chi connectivity index (χ3v) is 5.16. The number of thiophene rings is 1. The predicted octanol–water partition coefficient (Wildman–Crippen LogP) is 1.48. The van der Waals surface area contributed by atoms with Crippen molar-refractivity contribution < 1.29 is 4.79 Å². The van der Waals surface area contributed by atoms with E-state index in [1.807, 2.05) is 6.07 Å². The molecule has 2 fully saturated rings. The minimum Gasteiger partial charge on any atom is -0.355 e. The summed E-state index contributed by atoms with van der Waals surface area (Å²) in [6.07, 6.45) is 2.17. The van der Waals surface area contributed by atoms with Crippen LogP contribution in [0.2, 0.25) is 0 Å². The zero-order valence-electron chi connectivity index (χ0n) is 12.1. The summed E-state index contributed by atoms with van der Waals surface area (Å²) < 4.78 is 0. The van der Waals surface area contributed by atoms with Gasteiger partial charge in [-0.15, -0.1) is 11.3 Å². The first kappa shape index (κ1) is 14.4. The Balaban J connectivity index is 0.000000636. The number of anilines is 1. The number of hydrogen-bond acceptors (Lipinski definition) is 6. The van der Waals surface area contributed by atoms with E-state index in [4.69, 9.17) is 4.98 Å². The van der Waals surface area contributed by atoms with Crippen molar-refractivity contribution in [3.05, 3.63) is 23.1 Å². The number of pyridine rings is 1. The van der Waals surface area contributed by atoms with Gasteiger partial charge in [-0.05, 0) is 44.1 Å². The lowest BCUT2D eigenvalue weighted by Crippen LogP contribution is -2.30. The molecule has 5 nitrogen and oxygen atoms in total. The molecule has 0 aliphatic carbocycles. The zero-order chi connectivity index (χ0) is 14.8. The van der Waals surface area contributed by atoms with Gasteiger partial charge >= 0.3 is 0 Å². The van der Waals surface area contributed by atoms with Gasteiger partial charge in [-0.2, -0.15) is 0 Å². The van der Waals surface area contributed by atoms with Crippen molar-refractivity contribution in [3.8, 4) is 0 Å². The quantitative estimate of drug-likeness (QED) is 0.822. The van der Waals surface area contributed by atoms with Crippen molar-refractivity contribution in [2.45, 2.75) is 12.5 Å². The lowest BCUT2D eigenvalue weighted by atomic mass is 10.1. The van der Waals surface area contributed by atoms with Gasteiger partial charge in [0, 0.05) is 24.5 Å². The van der Waals surface area contributed by atoms with Crippen molar-refractivity contribution in [2.24, 2.45) is 11.7 Å². The molecule has 2 unspecified atom stereocenters. The molecule has 3 N–H and O–H groups in total. The van der Waals surface area contributed by atoms with Crippen LogP contribution >= 0.6 is 11.3 Å². The van der Waals surface area contributed by atoms with Gasteiger partial charge < -0.3 is 16.0 Å². The Morgan fingerprint density at radius 3 is 3.05 bits per heavy atom. The molecule has 0 amide bonds. The number of nitrogens with one attached hydrogen (secondary N) is 1. The standard InChI is InChI=1S/C14H15N3OS.CH5N/c18-8-11-5-9-1-2-13(16-14(9)19-11)17-6-10-3-4-15-12(10)7-17;1-2/h1-2,5,8,10,12,15H,3-4,6-7H2;2H2,1H3. The van der Waals surface area contributed by atoms with Crippen molar-refractivity contribution in [2.75, 3.05) is 31.6 Å². The van der Waals surface area contributed by atoms with Crippen LogP contribution in [0.25, 0.3) is 10.2 Å². The second kappa shape index (κ2) is 6.09. The van der Waals surface area contributed by atoms with Crippen molar-refractivity contribution in [1.82, 2.24) is 10.3 Å². The number of hydrogen-bond donors (Lipinski definition) is 2. The molecule has 4 heterocycles. The number of aromatic nitrogens is 1. The van der Waals surface area contributed by atoms with E-state index in [2.05, 4.69) is 28.1 Å². The highest BCUT2D eigenvalue weighted by atomic mass is 32.1. The average molecular weight is 304 g/mol. The summed E-state index contributed by atoms with van der Waals surface area (Å²) >= 11 is 1.47. The van der Waals surface area contributed by atoms with Crippen LogP contribution in [0.5, 0.6) is 0 Å². The first-order valence-corrected chi connectivity index (χ1v) is 8.07. The minimum absolute atomic E-state index is 0.631. The molecule has 6 heteroatoms. The molecule has 2 saturated heterocycles. The van der Waals surface area contributed by atoms with E-state index in [-0.39, 0.29) is 0 Å². The molecule has 4 rings (SSSR count). The van der Waals surface area contributed by atoms with E-state index in [9.17, 15) is 4.79 Å². The first-order chi connectivity index (χ1) is 10.3. The summed E-state index contributed by atoms with van der Waals surface area (Å²) in [5.41, 5.74) is 4.50. The number of rotatable bonds is 2. The number of aldehydes is 1. The highest BCUT2D eigenvalue weighted by Crippen LogP contribution is 2.30. The summed E-state index contributed by atoms with van der Waals surface area (Å²) in [5, 5.41) is 4.62. The Kier molecular flexibility index (Phi) is 4.19. The molecule has 2 aromatic heterocycles. The van der Waals surface area contributed by atoms with E-state index < -0.39 is 0 Å². The molecule has 21 heavy (non-hydrogen) atoms. The third-order valence-electron chi connectivity index (χ3n) is 4.19. The molecule has 0 radical (unpaired) electrons. The van der Waals surface area contributed by atoms with Crippen LogP contribution < -0.4 is 16.0 Å². The third kappa shape index (κ3) is 2.66. The maximum absolute atomic E-state index is 10.8. The van der Waals surface area contributed by atoms with Gasteiger partial charge in [0.1, 0.15) is 10.6 Å². The highest BCUT2D eigenvalue weighted by Gasteiger charge is 2.36. The van der Waals surface area contributed by atoms with Crippen LogP contribution in [0.1, 0.15) is 16.1 Å². The Bertz CT molecular complexity index is 630. The molecule has 2 aromatic rings. The topological polar surface area (TPSA) is 71.2 Å². The summed E-state index contributed by atoms with van der Waals surface area (Å²) in [7, 11) is 1.50. The van der Waals surface area contributed by atoms with Crippen LogP contribution in [0.3, 0.4) is 0 Å². The summed E-state index contributed by atoms with van der Waals surface area (Å²) in [6.45, 7) is 3.31. The van der Waals surface area contributed by atoms with Crippen molar-refractivity contribution in [3.63, 3.8) is 0 Å². The number of nitrogens with zero attached hydrogens (tertiary/aromatic N) is 2. The van der Waals surface area contributed by atoms with E-state index in [1.165, 1.54) is 24.8 Å². The maximum Gasteiger partial charge on any atom is 0.160 e. The van der Waals surface area contributed by atoms with Gasteiger partial charge in [0.2, 0.25) is 0 Å². The molecular formula is C15H20N4OS. The summed E-state index contributed by atoms with van der Waals surface area (Å²) in [6, 6.07) is 6.68. The molecule has 2 aliphatic heterocycles. The second-order valence-corrected chi connectivity index (χ2v) is 6.41. The largest absolute Gasteiger partial charge is 0.355 e. The monoisotopic (exact) mass is 304 g/mol. The smallest absolute Gasteiger partial charge is 0.160 e. The molecule has 0 aromatic carbocycles. The van der Waals surface area contributed by atoms with Crippen molar-refractivity contribution >= 4 is 33.7 Å². The van der Waals surface area contributed by atoms with Crippen LogP contribution in [0.4, 0.5) is 5.82 Å². The number of carbonyl (C=O) groups is 1. The van der Waals surface area contributed by atoms with Gasteiger partial charge in [0.25, 0.3) is 0 Å². The average Bonchev–Trinajstić information content (AvgIpc) is 3.21. The number of carbonyl (C=O) groups excluding carboxylic acids is 1. The molecule has 0 saturated carbocycles. The molecule has 0 bridgehead atoms. The predicted molar refractivity (Wildman–Crippen MR) is 87.2 cm³/mol. The molecular weight excluding hydrogens is 284 g/mol. The molecule has 2 aliphatic rings. The first-order valence-electron chi connectivity index (χ1n) is 7.25. The lowest BCUT2D eigenvalue weighted by Gasteiger charge is -2.18. The molecule has 112 valence electrons. The van der Waals surface area contributed by atoms with Gasteiger partial charge in [-0.3, -0.25) is 4.79 Å². The number of fused-ring (bicyclic) bond motifs is 2. The fourth-order valence-electron chi connectivity index (χ4n) is 3.20. The van der Waals surface area contributed by atoms with E-state index in [0.29, 0.717) is 6.04 Å². The second-order valence-electron chi connectivity index (χ2n) is 5.34. The fraction of sp³-hybridized carbons (Fsp3) is 0.467. The zero-order valence-corrected chi connectivity index (χ0v) is 12.9. The minimum atomic E-state index is 0.631. The Morgan fingerprint density at radius 2 is 2.29 bits per heavy atom. The Morgan fingerprint density at radius 1 is 1.43 bits per heavy atom. The van der Waals surface area contributed by atoms with E-state index in [1.54, 1.807) is 0 Å². The lowest BCUT2D eigenvalue weighted by molar-refractivity contribution is 0.112. The van der Waals surface area contributed by atoms with Crippen LogP contribution in [-0.4, -0.2) is 44.0 Å². The Hall–Kier alpha value is -1.50. The maximum atomic E-state index is 10.8. The summed E-state index contributed by atoms with van der Waals surface area (Å²) in [5.74, 6) is 1.81. The van der Waals surface area contributed by atoms with Gasteiger partial charge in [0.15, 0.2) is 6.29 Å². The summed E-state index contributed by atoms with van der Waals surface area (Å²) in [4.78, 5) is 19.6. The highest BCUT2D eigenvalue weighted by molar-refractivity contribution is 7.20. The SMILES string of the molecule is CN.O=Cc1cc2ccc(N3CC4CCNC4C3)nc2s1. The molecule has 0 spiro atoms. The number of nitrogens with two attached hydrogens (primary N) is 1. The fourth-order valence-corrected chi connectivity index (χ4v) is 4.04. The Labute approximate surface area is 128 Å². The van der Waals surface area contributed by atoms with E-state index >= 15 is 0 Å². The van der Waals surface area contributed by atoms with Gasteiger partial charge in [-0.1, -0.05) is 0 Å². The van der Waals surface area contributed by atoms with Crippen LogP contribution in [0, 0.1) is 5.92 Å². The van der Waals surface area contributed by atoms with Crippen LogP contribution in [0.15, 0.2) is 18.2 Å². The van der Waals surface area contributed by atoms with Gasteiger partial charge in [0.05, 0.1) is 4.88 Å².